The van der Waals surface area contributed by atoms with Crippen LogP contribution in [0.1, 0.15) is 88.8 Å². The number of nitrogens with two attached hydrogens (primary N) is 2. The van der Waals surface area contributed by atoms with Gasteiger partial charge in [0.25, 0.3) is 0 Å². The summed E-state index contributed by atoms with van der Waals surface area (Å²) in [4.78, 5) is 91.7. The van der Waals surface area contributed by atoms with E-state index in [1.54, 1.807) is 12.1 Å². The molecule has 3 rings (SSSR count). The summed E-state index contributed by atoms with van der Waals surface area (Å²) in [6.45, 7) is 2.53. The van der Waals surface area contributed by atoms with Gasteiger partial charge in [-0.2, -0.15) is 0 Å². The van der Waals surface area contributed by atoms with Gasteiger partial charge in [0.1, 0.15) is 30.0 Å². The number of amides is 5. The van der Waals surface area contributed by atoms with E-state index in [4.69, 9.17) is 11.5 Å². The molecule has 1 aromatic heterocycles. The van der Waals surface area contributed by atoms with Crippen molar-refractivity contribution in [3.8, 4) is 0 Å². The van der Waals surface area contributed by atoms with E-state index in [0.717, 1.165) is 18.4 Å². The number of aliphatic imine (C=N–C) groups is 1. The summed E-state index contributed by atoms with van der Waals surface area (Å²) in [5.41, 5.74) is 12.2. The number of unbranched alkanes of at least 4 members (excludes halogenated alkanes) is 2. The third kappa shape index (κ3) is 15.3. The van der Waals surface area contributed by atoms with Gasteiger partial charge >= 0.3 is 0 Å². The fraction of sp³-hybridized carbons (Fsp3) is 0.556. The first-order chi connectivity index (χ1) is 25.0. The molecule has 0 radical (unpaired) electrons. The number of nitrogens with one attached hydrogen (secondary N) is 6. The second-order valence-electron chi connectivity index (χ2n) is 13.0. The number of hydrogen-bond acceptors (Lipinski definition) is 8. The average molecular weight is 723 g/mol. The molecule has 1 saturated heterocycles. The van der Waals surface area contributed by atoms with Crippen molar-refractivity contribution in [1.29, 1.82) is 0 Å². The molecular weight excluding hydrogens is 668 g/mol. The fourth-order valence-electron chi connectivity index (χ4n) is 5.76. The molecule has 1 aromatic carbocycles. The predicted molar refractivity (Wildman–Crippen MR) is 195 cm³/mol. The molecule has 2 heterocycles. The van der Waals surface area contributed by atoms with Gasteiger partial charge in [-0.25, -0.2) is 4.98 Å². The maximum Gasteiger partial charge on any atom is 0.243 e. The van der Waals surface area contributed by atoms with Gasteiger partial charge in [-0.05, 0) is 44.1 Å². The van der Waals surface area contributed by atoms with Crippen LogP contribution in [-0.4, -0.2) is 88.5 Å². The topological polar surface area (TPSA) is 256 Å². The fourth-order valence-corrected chi connectivity index (χ4v) is 5.76. The van der Waals surface area contributed by atoms with Crippen molar-refractivity contribution in [3.05, 3.63) is 54.1 Å². The lowest BCUT2D eigenvalue weighted by Gasteiger charge is -2.26. The SMILES string of the molecule is CCCCCC(=O)N[C@H]1CCC(=O)CCCCNC(=O)[C@H](CCCN=C(N)N)NC(=O)[C@@H](Cc2ccccc2)NC(=O)[C@H](Cc2cnc[nH]2)NC1=O. The summed E-state index contributed by atoms with van der Waals surface area (Å²) in [5.74, 6) is -2.84. The van der Waals surface area contributed by atoms with Gasteiger partial charge < -0.3 is 43.0 Å². The number of aromatic amines is 1. The average Bonchev–Trinajstić information content (AvgIpc) is 3.63. The number of hydrogen-bond donors (Lipinski definition) is 8. The van der Waals surface area contributed by atoms with E-state index in [9.17, 15) is 28.8 Å². The third-order valence-electron chi connectivity index (χ3n) is 8.66. The first-order valence-corrected chi connectivity index (χ1v) is 18.1. The molecule has 0 aliphatic carbocycles. The van der Waals surface area contributed by atoms with Crippen LogP contribution >= 0.6 is 0 Å². The van der Waals surface area contributed by atoms with Crippen molar-refractivity contribution in [2.45, 2.75) is 115 Å². The number of guanidine groups is 1. The predicted octanol–water partition coefficient (Wildman–Crippen LogP) is 0.417. The lowest BCUT2D eigenvalue weighted by molar-refractivity contribution is -0.134. The summed E-state index contributed by atoms with van der Waals surface area (Å²) in [5, 5.41) is 14.0. The molecule has 10 N–H and O–H groups in total. The minimum Gasteiger partial charge on any atom is -0.370 e. The van der Waals surface area contributed by atoms with Crippen LogP contribution in [0.2, 0.25) is 0 Å². The van der Waals surface area contributed by atoms with E-state index >= 15 is 0 Å². The first-order valence-electron chi connectivity index (χ1n) is 18.1. The second kappa shape index (κ2) is 22.5. The molecular formula is C36H54N10O6. The number of carbonyl (C=O) groups excluding carboxylic acids is 6. The standard InChI is InChI=1S/C36H54N10O6/c1-2-3-5-15-31(48)43-28-17-16-26(47)13-8-9-18-40-32(49)27(14-10-19-41-36(37)38)44-34(51)29(20-24-11-6-4-7-12-24)45-35(52)30(46-33(28)50)21-25-22-39-23-42-25/h4,6-7,11-12,22-23,27-30H,2-3,5,8-10,13-21H2,1H3,(H,39,42)(H,40,49)(H,43,48)(H,44,51)(H,45,52)(H,46,50)(H4,37,38,41)/t27-,28-,29+,30-/m0/s1. The van der Waals surface area contributed by atoms with E-state index in [1.807, 2.05) is 25.1 Å². The zero-order chi connectivity index (χ0) is 37.7. The molecule has 16 heteroatoms. The Morgan fingerprint density at radius 1 is 0.865 bits per heavy atom. The normalized spacial score (nSPS) is 21.3. The Kier molecular flexibility index (Phi) is 17.8. The second-order valence-corrected chi connectivity index (χ2v) is 13.0. The summed E-state index contributed by atoms with van der Waals surface area (Å²) in [7, 11) is 0. The van der Waals surface area contributed by atoms with E-state index in [2.05, 4.69) is 41.5 Å². The van der Waals surface area contributed by atoms with Crippen molar-refractivity contribution >= 4 is 41.3 Å². The smallest absolute Gasteiger partial charge is 0.243 e. The Morgan fingerprint density at radius 3 is 2.27 bits per heavy atom. The Balaban J connectivity index is 1.94. The third-order valence-corrected chi connectivity index (χ3v) is 8.66. The minimum absolute atomic E-state index is 0.0107. The van der Waals surface area contributed by atoms with Gasteiger partial charge in [0.15, 0.2) is 5.96 Å². The zero-order valence-electron chi connectivity index (χ0n) is 30.0. The number of rotatable bonds is 13. The van der Waals surface area contributed by atoms with Crippen LogP contribution < -0.4 is 38.1 Å². The number of carbonyl (C=O) groups is 6. The zero-order valence-corrected chi connectivity index (χ0v) is 30.0. The number of H-pyrrole nitrogens is 1. The number of aromatic nitrogens is 2. The summed E-state index contributed by atoms with van der Waals surface area (Å²) in [6, 6.07) is 4.68. The number of nitrogens with zero attached hydrogens (tertiary/aromatic N) is 2. The van der Waals surface area contributed by atoms with Gasteiger partial charge in [0, 0.05) is 57.1 Å². The highest BCUT2D eigenvalue weighted by atomic mass is 16.2. The lowest BCUT2D eigenvalue weighted by atomic mass is 10.0. The minimum atomic E-state index is -1.20. The molecule has 5 amide bonds. The van der Waals surface area contributed by atoms with Crippen molar-refractivity contribution in [3.63, 3.8) is 0 Å². The molecule has 2 aromatic rings. The van der Waals surface area contributed by atoms with Gasteiger partial charge in [-0.3, -0.25) is 33.8 Å². The highest BCUT2D eigenvalue weighted by molar-refractivity contribution is 5.96. The Labute approximate surface area is 304 Å². The molecule has 1 aliphatic rings. The van der Waals surface area contributed by atoms with Crippen molar-refractivity contribution in [2.24, 2.45) is 16.5 Å². The first kappa shape index (κ1) is 41.1. The van der Waals surface area contributed by atoms with E-state index in [-0.39, 0.29) is 75.7 Å². The number of ketones is 1. The van der Waals surface area contributed by atoms with Crippen molar-refractivity contribution in [2.75, 3.05) is 13.1 Å². The Hall–Kier alpha value is -5.28. The van der Waals surface area contributed by atoms with Gasteiger partial charge in [0.2, 0.25) is 29.5 Å². The van der Waals surface area contributed by atoms with Gasteiger partial charge in [0.05, 0.1) is 6.33 Å². The lowest BCUT2D eigenvalue weighted by Crippen LogP contribution is -2.59. The van der Waals surface area contributed by atoms with Crippen molar-refractivity contribution < 1.29 is 28.8 Å². The molecule has 0 unspecified atom stereocenters. The van der Waals surface area contributed by atoms with Crippen LogP contribution in [0.15, 0.2) is 47.8 Å². The van der Waals surface area contributed by atoms with Gasteiger partial charge in [-0.15, -0.1) is 0 Å². The highest BCUT2D eigenvalue weighted by Crippen LogP contribution is 2.11. The van der Waals surface area contributed by atoms with E-state index in [0.29, 0.717) is 31.4 Å². The molecule has 1 fully saturated rings. The molecule has 52 heavy (non-hydrogen) atoms. The largest absolute Gasteiger partial charge is 0.370 e. The maximum atomic E-state index is 14.0. The quantitative estimate of drug-likeness (QED) is 0.0809. The highest BCUT2D eigenvalue weighted by Gasteiger charge is 2.32. The van der Waals surface area contributed by atoms with E-state index in [1.165, 1.54) is 12.5 Å². The monoisotopic (exact) mass is 722 g/mol. The van der Waals surface area contributed by atoms with Crippen LogP contribution in [0.25, 0.3) is 0 Å². The molecule has 1 aliphatic heterocycles. The number of benzene rings is 1. The summed E-state index contributed by atoms with van der Waals surface area (Å²) >= 11 is 0. The summed E-state index contributed by atoms with van der Waals surface area (Å²) in [6.07, 6.45) is 7.57. The van der Waals surface area contributed by atoms with Gasteiger partial charge in [-0.1, -0.05) is 50.1 Å². The van der Waals surface area contributed by atoms with Crippen molar-refractivity contribution in [1.82, 2.24) is 36.6 Å². The Morgan fingerprint density at radius 2 is 1.58 bits per heavy atom. The van der Waals surface area contributed by atoms with E-state index < -0.39 is 47.8 Å². The van der Waals surface area contributed by atoms with Crippen LogP contribution in [0, 0.1) is 0 Å². The van der Waals surface area contributed by atoms with Crippen LogP contribution in [0.5, 0.6) is 0 Å². The number of Topliss-reactive ketones (excluding diaryl/α,β-unsaturated/α-hetero) is 1. The molecule has 284 valence electrons. The number of imidazole rings is 1. The Bertz CT molecular complexity index is 1480. The van der Waals surface area contributed by atoms with Crippen LogP contribution in [0.4, 0.5) is 0 Å². The molecule has 4 atom stereocenters. The maximum absolute atomic E-state index is 14.0. The molecule has 0 spiro atoms. The molecule has 0 bridgehead atoms. The van der Waals surface area contributed by atoms with Crippen LogP contribution in [-0.2, 0) is 41.6 Å². The van der Waals surface area contributed by atoms with Crippen LogP contribution in [0.3, 0.4) is 0 Å². The summed E-state index contributed by atoms with van der Waals surface area (Å²) < 4.78 is 0. The molecule has 16 nitrogen and oxygen atoms in total. The molecule has 0 saturated carbocycles.